The van der Waals surface area contributed by atoms with Gasteiger partial charge in [-0.15, -0.1) is 0 Å². The molecule has 0 fully saturated rings. The first kappa shape index (κ1) is 29.5. The quantitative estimate of drug-likeness (QED) is 0.272. The second-order valence-electron chi connectivity index (χ2n) is 8.54. The van der Waals surface area contributed by atoms with Crippen LogP contribution in [-0.4, -0.2) is 68.1 Å². The van der Waals surface area contributed by atoms with Gasteiger partial charge in [-0.1, -0.05) is 67.6 Å². The average molecular weight is 501 g/mol. The number of hydrogen-bond acceptors (Lipinski definition) is 6. The normalized spacial score (nSPS) is 13.5. The molecule has 198 valence electrons. The van der Waals surface area contributed by atoms with Gasteiger partial charge in [-0.2, -0.15) is 0 Å². The van der Waals surface area contributed by atoms with E-state index >= 15 is 0 Å². The molecule has 0 aliphatic heterocycles. The fourth-order valence-electron chi connectivity index (χ4n) is 3.60. The van der Waals surface area contributed by atoms with E-state index < -0.39 is 24.1 Å². The van der Waals surface area contributed by atoms with Crippen molar-refractivity contribution in [3.63, 3.8) is 0 Å². The number of ether oxygens (including phenoxy) is 3. The van der Waals surface area contributed by atoms with Gasteiger partial charge in [-0.25, -0.2) is 0 Å². The third-order valence-corrected chi connectivity index (χ3v) is 5.44. The minimum absolute atomic E-state index is 0.200. The summed E-state index contributed by atoms with van der Waals surface area (Å²) in [6, 6.07) is 17.9. The summed E-state index contributed by atoms with van der Waals surface area (Å²) < 4.78 is 16.8. The number of carbonyl (C=O) groups excluding carboxylic acids is 2. The van der Waals surface area contributed by atoms with Crippen molar-refractivity contribution in [1.29, 1.82) is 0 Å². The van der Waals surface area contributed by atoms with Crippen LogP contribution in [0.1, 0.15) is 37.8 Å². The Balaban J connectivity index is 2.00. The maximum atomic E-state index is 13.0. The second kappa shape index (κ2) is 17.6. The van der Waals surface area contributed by atoms with Crippen molar-refractivity contribution in [1.82, 2.24) is 10.6 Å². The number of benzene rings is 2. The highest BCUT2D eigenvalue weighted by Crippen LogP contribution is 2.09. The summed E-state index contributed by atoms with van der Waals surface area (Å²) in [7, 11) is 0. The van der Waals surface area contributed by atoms with Crippen LogP contribution < -0.4 is 10.6 Å². The lowest BCUT2D eigenvalue weighted by Gasteiger charge is -2.26. The maximum Gasteiger partial charge on any atom is 0.251 e. The minimum Gasteiger partial charge on any atom is -0.381 e. The van der Waals surface area contributed by atoms with E-state index in [-0.39, 0.29) is 19.1 Å². The second-order valence-corrected chi connectivity index (χ2v) is 8.54. The summed E-state index contributed by atoms with van der Waals surface area (Å²) in [6.45, 7) is 6.03. The fourth-order valence-corrected chi connectivity index (χ4v) is 3.60. The van der Waals surface area contributed by atoms with Crippen molar-refractivity contribution in [2.45, 2.75) is 57.9 Å². The largest absolute Gasteiger partial charge is 0.381 e. The van der Waals surface area contributed by atoms with Crippen molar-refractivity contribution in [2.24, 2.45) is 0 Å². The van der Waals surface area contributed by atoms with Gasteiger partial charge in [0.05, 0.1) is 45.1 Å². The molecule has 1 unspecified atom stereocenters. The fraction of sp³-hybridized carbons (Fsp3) is 0.500. The summed E-state index contributed by atoms with van der Waals surface area (Å²) >= 11 is 0. The van der Waals surface area contributed by atoms with Crippen molar-refractivity contribution in [2.75, 3.05) is 33.0 Å². The van der Waals surface area contributed by atoms with Gasteiger partial charge < -0.3 is 30.0 Å². The zero-order valence-corrected chi connectivity index (χ0v) is 21.4. The molecular weight excluding hydrogens is 460 g/mol. The molecule has 0 aliphatic rings. The summed E-state index contributed by atoms with van der Waals surface area (Å²) in [5.74, 6) is -0.790. The van der Waals surface area contributed by atoms with Crippen LogP contribution in [0.5, 0.6) is 0 Å². The van der Waals surface area contributed by atoms with Gasteiger partial charge in [0, 0.05) is 13.0 Å². The van der Waals surface area contributed by atoms with Crippen molar-refractivity contribution in [3.05, 3.63) is 71.8 Å². The first-order valence-electron chi connectivity index (χ1n) is 12.6. The first-order chi connectivity index (χ1) is 17.5. The number of nitrogens with one attached hydrogen (secondary N) is 2. The maximum absolute atomic E-state index is 13.0. The summed E-state index contributed by atoms with van der Waals surface area (Å²) in [4.78, 5) is 25.3. The molecule has 8 heteroatoms. The molecular formula is C28H40N2O6. The first-order valence-corrected chi connectivity index (χ1v) is 12.6. The van der Waals surface area contributed by atoms with Crippen LogP contribution in [-0.2, 0) is 36.8 Å². The average Bonchev–Trinajstić information content (AvgIpc) is 2.89. The van der Waals surface area contributed by atoms with Crippen molar-refractivity contribution >= 4 is 11.8 Å². The van der Waals surface area contributed by atoms with Crippen LogP contribution >= 0.6 is 0 Å². The Morgan fingerprint density at radius 1 is 0.833 bits per heavy atom. The van der Waals surface area contributed by atoms with Gasteiger partial charge >= 0.3 is 0 Å². The van der Waals surface area contributed by atoms with E-state index in [4.69, 9.17) is 14.2 Å². The van der Waals surface area contributed by atoms with E-state index in [1.54, 1.807) is 0 Å². The number of aliphatic hydroxyl groups is 1. The monoisotopic (exact) mass is 500 g/mol. The summed E-state index contributed by atoms with van der Waals surface area (Å²) in [5.41, 5.74) is 1.93. The highest BCUT2D eigenvalue weighted by molar-refractivity contribution is 5.83. The number of hydrogen-bond donors (Lipinski definition) is 3. The smallest absolute Gasteiger partial charge is 0.251 e. The van der Waals surface area contributed by atoms with Gasteiger partial charge in [0.15, 0.2) is 6.10 Å². The van der Waals surface area contributed by atoms with E-state index in [1.165, 1.54) is 0 Å². The molecule has 0 heterocycles. The molecule has 0 saturated carbocycles. The van der Waals surface area contributed by atoms with Crippen LogP contribution in [0.4, 0.5) is 0 Å². The molecule has 0 aromatic heterocycles. The van der Waals surface area contributed by atoms with Crippen LogP contribution in [0.3, 0.4) is 0 Å². The van der Waals surface area contributed by atoms with Crippen molar-refractivity contribution in [3.8, 4) is 0 Å². The van der Waals surface area contributed by atoms with E-state index in [1.807, 2.05) is 74.5 Å². The lowest BCUT2D eigenvalue weighted by Crippen LogP contribution is -2.54. The third-order valence-electron chi connectivity index (χ3n) is 5.44. The Kier molecular flexibility index (Phi) is 14.4. The molecule has 8 nitrogen and oxygen atoms in total. The van der Waals surface area contributed by atoms with Gasteiger partial charge in [-0.3, -0.25) is 9.59 Å². The molecule has 2 amide bonds. The zero-order valence-electron chi connectivity index (χ0n) is 21.4. The van der Waals surface area contributed by atoms with E-state index in [9.17, 15) is 14.7 Å². The van der Waals surface area contributed by atoms with Crippen molar-refractivity contribution < 1.29 is 28.9 Å². The molecule has 0 bridgehead atoms. The molecule has 0 spiro atoms. The summed E-state index contributed by atoms with van der Waals surface area (Å²) in [5, 5.41) is 16.6. The summed E-state index contributed by atoms with van der Waals surface area (Å²) in [6.07, 6.45) is -0.119. The SMILES string of the molecule is CCCC(=O)N[C@@H](Cc1ccccc1)C(O)C(=O)N[C@H](COCCOCC)COCc1ccccc1. The lowest BCUT2D eigenvalue weighted by molar-refractivity contribution is -0.134. The van der Waals surface area contributed by atoms with Gasteiger partial charge in [0.25, 0.3) is 5.91 Å². The van der Waals surface area contributed by atoms with Gasteiger partial charge in [0.1, 0.15) is 0 Å². The number of aliphatic hydroxyl groups excluding tert-OH is 1. The molecule has 3 N–H and O–H groups in total. The Bertz CT molecular complexity index is 865. The van der Waals surface area contributed by atoms with Crippen LogP contribution in [0.2, 0.25) is 0 Å². The molecule has 3 atom stereocenters. The van der Waals surface area contributed by atoms with Crippen LogP contribution in [0.25, 0.3) is 0 Å². The Morgan fingerprint density at radius 2 is 1.44 bits per heavy atom. The Morgan fingerprint density at radius 3 is 2.08 bits per heavy atom. The molecule has 0 saturated heterocycles. The minimum atomic E-state index is -1.44. The van der Waals surface area contributed by atoms with E-state index in [2.05, 4.69) is 10.6 Å². The molecule has 2 rings (SSSR count). The molecule has 36 heavy (non-hydrogen) atoms. The predicted molar refractivity (Wildman–Crippen MR) is 138 cm³/mol. The Labute approximate surface area is 214 Å². The molecule has 2 aromatic carbocycles. The lowest BCUT2D eigenvalue weighted by atomic mass is 10.00. The van der Waals surface area contributed by atoms with Gasteiger partial charge in [0.2, 0.25) is 5.91 Å². The number of rotatable bonds is 18. The zero-order chi connectivity index (χ0) is 26.0. The number of carbonyl (C=O) groups is 2. The van der Waals surface area contributed by atoms with Crippen LogP contribution in [0.15, 0.2) is 60.7 Å². The van der Waals surface area contributed by atoms with Crippen LogP contribution in [0, 0.1) is 0 Å². The number of amides is 2. The van der Waals surface area contributed by atoms with Gasteiger partial charge in [-0.05, 0) is 30.9 Å². The van der Waals surface area contributed by atoms with E-state index in [0.717, 1.165) is 11.1 Å². The Hall–Kier alpha value is -2.78. The van der Waals surface area contributed by atoms with E-state index in [0.29, 0.717) is 45.7 Å². The molecule has 2 aromatic rings. The predicted octanol–water partition coefficient (Wildman–Crippen LogP) is 2.63. The standard InChI is InChI=1S/C28H40N2O6/c1-3-11-26(31)30-25(18-22-12-7-5-8-13-22)27(32)28(33)29-24(20-35-17-16-34-4-2)21-36-19-23-14-9-6-10-15-23/h5-10,12-15,24-25,27,32H,3-4,11,16-21H2,1-2H3,(H,29,33)(H,30,31)/t24-,25+,27?/m1/s1. The molecule has 0 radical (unpaired) electrons. The topological polar surface area (TPSA) is 106 Å². The highest BCUT2D eigenvalue weighted by Gasteiger charge is 2.29. The highest BCUT2D eigenvalue weighted by atomic mass is 16.5. The molecule has 0 aliphatic carbocycles. The third kappa shape index (κ3) is 11.8.